The summed E-state index contributed by atoms with van der Waals surface area (Å²) in [4.78, 5) is 0. The van der Waals surface area contributed by atoms with Crippen LogP contribution in [0.2, 0.25) is 16.6 Å². The molecule has 2 aromatic rings. The smallest absolute Gasteiger partial charge is 0.468 e. The molecule has 3 rings (SSSR count). The van der Waals surface area contributed by atoms with Crippen LogP contribution in [0.15, 0.2) is 24.3 Å². The van der Waals surface area contributed by atoms with Gasteiger partial charge in [-0.15, -0.1) is 5.54 Å². The van der Waals surface area contributed by atoms with Crippen LogP contribution in [0, 0.1) is 17.3 Å². The molecule has 1 saturated heterocycles. The molecule has 0 atom stereocenters. The Morgan fingerprint density at radius 1 is 0.944 bits per heavy atom. The number of rotatable bonds is 7. The third-order valence-corrected chi connectivity index (χ3v) is 14.5. The summed E-state index contributed by atoms with van der Waals surface area (Å²) < 4.78 is 39.1. The van der Waals surface area contributed by atoms with Crippen molar-refractivity contribution in [3.63, 3.8) is 0 Å². The highest BCUT2D eigenvalue weighted by Crippen LogP contribution is 2.41. The summed E-state index contributed by atoms with van der Waals surface area (Å²) >= 11 is 0. The molecule has 36 heavy (non-hydrogen) atoms. The van der Waals surface area contributed by atoms with Crippen LogP contribution in [0.5, 0.6) is 5.75 Å². The van der Waals surface area contributed by atoms with Crippen LogP contribution in [0.1, 0.15) is 74.8 Å². The van der Waals surface area contributed by atoms with E-state index >= 15 is 4.39 Å². The fourth-order valence-electron chi connectivity index (χ4n) is 5.47. The van der Waals surface area contributed by atoms with Crippen LogP contribution in [0.25, 0.3) is 10.8 Å². The zero-order valence-electron chi connectivity index (χ0n) is 23.8. The van der Waals surface area contributed by atoms with Crippen molar-refractivity contribution in [3.05, 3.63) is 35.6 Å². The number of hydrogen-bond acceptors (Lipinski definition) is 4. The van der Waals surface area contributed by atoms with Crippen LogP contribution < -0.4 is 10.2 Å². The molecular formula is C29H42BFO4Si. The lowest BCUT2D eigenvalue weighted by molar-refractivity contribution is 0.00578. The standard InChI is InChI=1S/C29H42BFO4Si/c1-19(2)36(20(3)4,21(5)6)15-14-23-24-17-25(30-34-28(7,8)29(9,10)35-30)27(33-18-32-11)16-22(24)12-13-26(23)31/h12-13,16-17,19-21H,18H2,1-11H3. The fraction of sp³-hybridized carbons (Fsp3) is 0.586. The predicted molar refractivity (Wildman–Crippen MR) is 150 cm³/mol. The normalized spacial score (nSPS) is 17.2. The van der Waals surface area contributed by atoms with Gasteiger partial charge in [-0.2, -0.15) is 0 Å². The van der Waals surface area contributed by atoms with Gasteiger partial charge in [-0.25, -0.2) is 4.39 Å². The molecule has 0 unspecified atom stereocenters. The third-order valence-electron chi connectivity index (χ3n) is 8.21. The van der Waals surface area contributed by atoms with Gasteiger partial charge in [0.25, 0.3) is 0 Å². The minimum absolute atomic E-state index is 0.0805. The largest absolute Gasteiger partial charge is 0.498 e. The van der Waals surface area contributed by atoms with E-state index in [1.165, 1.54) is 6.07 Å². The zero-order chi connectivity index (χ0) is 27.1. The van der Waals surface area contributed by atoms with E-state index in [2.05, 4.69) is 53.0 Å². The van der Waals surface area contributed by atoms with E-state index in [1.54, 1.807) is 13.2 Å². The van der Waals surface area contributed by atoms with Crippen LogP contribution in [-0.2, 0) is 14.0 Å². The Kier molecular flexibility index (Phi) is 8.37. The van der Waals surface area contributed by atoms with E-state index in [-0.39, 0.29) is 12.6 Å². The number of halogens is 1. The SMILES string of the molecule is COCOc1cc2ccc(F)c(C#C[Si](C(C)C)(C(C)C)C(C)C)c2cc1B1OC(C)(C)C(C)(C)O1. The lowest BCUT2D eigenvalue weighted by Gasteiger charge is -2.38. The second-order valence-corrected chi connectivity index (χ2v) is 17.4. The number of ether oxygens (including phenoxy) is 2. The van der Waals surface area contributed by atoms with Crippen LogP contribution in [0.4, 0.5) is 4.39 Å². The molecule has 0 aliphatic carbocycles. The average Bonchev–Trinajstić information content (AvgIpc) is 2.99. The monoisotopic (exact) mass is 512 g/mol. The van der Waals surface area contributed by atoms with Crippen LogP contribution in [0.3, 0.4) is 0 Å². The van der Waals surface area contributed by atoms with Crippen molar-refractivity contribution in [1.29, 1.82) is 0 Å². The Labute approximate surface area is 218 Å². The van der Waals surface area contributed by atoms with Crippen molar-refractivity contribution in [2.24, 2.45) is 0 Å². The first-order chi connectivity index (χ1) is 16.7. The first-order valence-electron chi connectivity index (χ1n) is 12.9. The lowest BCUT2D eigenvalue weighted by Crippen LogP contribution is -2.43. The van der Waals surface area contributed by atoms with Crippen molar-refractivity contribution in [3.8, 4) is 17.2 Å². The van der Waals surface area contributed by atoms with Gasteiger partial charge in [-0.1, -0.05) is 53.5 Å². The van der Waals surface area contributed by atoms with E-state index in [0.29, 0.717) is 33.4 Å². The van der Waals surface area contributed by atoms with E-state index < -0.39 is 26.4 Å². The molecule has 7 heteroatoms. The first kappa shape index (κ1) is 28.7. The van der Waals surface area contributed by atoms with Crippen molar-refractivity contribution >= 4 is 31.4 Å². The van der Waals surface area contributed by atoms with Gasteiger partial charge in [0.1, 0.15) is 19.6 Å². The minimum Gasteiger partial charge on any atom is -0.468 e. The minimum atomic E-state index is -2.04. The van der Waals surface area contributed by atoms with E-state index in [0.717, 1.165) is 10.8 Å². The van der Waals surface area contributed by atoms with Crippen molar-refractivity contribution in [2.75, 3.05) is 13.9 Å². The van der Waals surface area contributed by atoms with E-state index in [4.69, 9.17) is 18.8 Å². The molecule has 2 aromatic carbocycles. The molecule has 0 bridgehead atoms. The Morgan fingerprint density at radius 2 is 1.50 bits per heavy atom. The number of hydrogen-bond donors (Lipinski definition) is 0. The zero-order valence-corrected chi connectivity index (χ0v) is 24.8. The van der Waals surface area contributed by atoms with Gasteiger partial charge >= 0.3 is 7.12 Å². The van der Waals surface area contributed by atoms with Gasteiger partial charge in [-0.05, 0) is 67.9 Å². The molecule has 0 N–H and O–H groups in total. The average molecular weight is 513 g/mol. The summed E-state index contributed by atoms with van der Waals surface area (Å²) in [5, 5.41) is 1.58. The molecule has 1 fully saturated rings. The Hall–Kier alpha value is -1.85. The third kappa shape index (κ3) is 5.11. The first-order valence-corrected chi connectivity index (χ1v) is 15.2. The van der Waals surface area contributed by atoms with Gasteiger partial charge in [-0.3, -0.25) is 0 Å². The molecule has 0 saturated carbocycles. The van der Waals surface area contributed by atoms with Crippen molar-refractivity contribution < 1.29 is 23.2 Å². The molecule has 0 amide bonds. The summed E-state index contributed by atoms with van der Waals surface area (Å²) in [6, 6.07) is 7.07. The maximum atomic E-state index is 15.4. The van der Waals surface area contributed by atoms with Crippen molar-refractivity contribution in [2.45, 2.75) is 97.1 Å². The van der Waals surface area contributed by atoms with Crippen molar-refractivity contribution in [1.82, 2.24) is 0 Å². The second kappa shape index (κ2) is 10.5. The Bertz CT molecular complexity index is 1130. The van der Waals surface area contributed by atoms with E-state index in [9.17, 15) is 0 Å². The molecule has 4 nitrogen and oxygen atoms in total. The van der Waals surface area contributed by atoms with Gasteiger partial charge in [0.2, 0.25) is 0 Å². The maximum Gasteiger partial charge on any atom is 0.498 e. The summed E-state index contributed by atoms with van der Waals surface area (Å²) in [6.45, 7) is 21.7. The van der Waals surface area contributed by atoms with E-state index in [1.807, 2.05) is 39.8 Å². The second-order valence-electron chi connectivity index (χ2n) is 11.8. The summed E-state index contributed by atoms with van der Waals surface area (Å²) in [6.07, 6.45) is 0. The number of benzene rings is 2. The number of methoxy groups -OCH3 is 1. The highest BCUT2D eigenvalue weighted by Gasteiger charge is 2.52. The molecule has 196 valence electrons. The van der Waals surface area contributed by atoms with Gasteiger partial charge in [0.15, 0.2) is 6.79 Å². The molecule has 1 heterocycles. The molecule has 1 aliphatic heterocycles. The molecule has 0 radical (unpaired) electrons. The lowest BCUT2D eigenvalue weighted by atomic mass is 9.77. The number of fused-ring (bicyclic) bond motifs is 1. The quantitative estimate of drug-likeness (QED) is 0.232. The summed E-state index contributed by atoms with van der Waals surface area (Å²) in [7, 11) is -1.13. The Balaban J connectivity index is 2.25. The van der Waals surface area contributed by atoms with Crippen LogP contribution in [-0.4, -0.2) is 40.3 Å². The van der Waals surface area contributed by atoms with Gasteiger partial charge in [0.05, 0.1) is 16.8 Å². The summed E-state index contributed by atoms with van der Waals surface area (Å²) in [5.74, 6) is 3.61. The molecule has 0 aromatic heterocycles. The maximum absolute atomic E-state index is 15.4. The highest BCUT2D eigenvalue weighted by atomic mass is 28.3. The van der Waals surface area contributed by atoms with Crippen LogP contribution >= 0.6 is 0 Å². The fourth-order valence-corrected chi connectivity index (χ4v) is 10.7. The van der Waals surface area contributed by atoms with Gasteiger partial charge < -0.3 is 18.8 Å². The van der Waals surface area contributed by atoms with Gasteiger partial charge in [0, 0.05) is 18.0 Å². The summed E-state index contributed by atoms with van der Waals surface area (Å²) in [5.41, 5.74) is 5.13. The Morgan fingerprint density at radius 3 is 2.00 bits per heavy atom. The highest BCUT2D eigenvalue weighted by molar-refractivity contribution is 6.90. The molecule has 1 aliphatic rings. The topological polar surface area (TPSA) is 36.9 Å². The molecule has 0 spiro atoms. The molecular weight excluding hydrogens is 470 g/mol. The predicted octanol–water partition coefficient (Wildman–Crippen LogP) is 6.83.